The molecule has 0 saturated carbocycles. The van der Waals surface area contributed by atoms with Gasteiger partial charge in [0.25, 0.3) is 0 Å². The Hall–Kier alpha value is -1.51. The summed E-state index contributed by atoms with van der Waals surface area (Å²) < 4.78 is 0. The van der Waals surface area contributed by atoms with Crippen LogP contribution in [0.25, 0.3) is 10.9 Å². The number of anilines is 1. The first-order chi connectivity index (χ1) is 5.27. The number of nitrogens with two attached hydrogens (primary N) is 1. The molecule has 2 rings (SSSR count). The van der Waals surface area contributed by atoms with E-state index in [1.165, 1.54) is 0 Å². The van der Waals surface area contributed by atoms with Crippen molar-refractivity contribution in [2.24, 2.45) is 0 Å². The van der Waals surface area contributed by atoms with Gasteiger partial charge in [-0.2, -0.15) is 5.10 Å². The molecule has 64 valence electrons. The molecule has 0 aliphatic rings. The Balaban J connectivity index is 0.000000720. The molecule has 1 aromatic heterocycles. The summed E-state index contributed by atoms with van der Waals surface area (Å²) in [5, 5.41) is 8.11. The van der Waals surface area contributed by atoms with Crippen molar-refractivity contribution in [2.75, 3.05) is 5.73 Å². The molecule has 12 heavy (non-hydrogen) atoms. The number of aromatic nitrogens is 2. The van der Waals surface area contributed by atoms with Gasteiger partial charge in [0.1, 0.15) is 0 Å². The number of nitrogen functional groups attached to an aromatic ring is 1. The van der Waals surface area contributed by atoms with Crippen molar-refractivity contribution in [3.8, 4) is 0 Å². The third kappa shape index (κ3) is 1.13. The molecule has 0 spiro atoms. The SMILES string of the molecule is C.Cc1[nH]nc2cc(N)ccc12. The average molecular weight is 163 g/mol. The first kappa shape index (κ1) is 8.59. The second-order valence-corrected chi connectivity index (χ2v) is 2.63. The van der Waals surface area contributed by atoms with Gasteiger partial charge in [-0.05, 0) is 25.1 Å². The van der Waals surface area contributed by atoms with Crippen LogP contribution in [0.15, 0.2) is 18.2 Å². The van der Waals surface area contributed by atoms with Crippen LogP contribution < -0.4 is 5.73 Å². The van der Waals surface area contributed by atoms with Gasteiger partial charge in [0.2, 0.25) is 0 Å². The van der Waals surface area contributed by atoms with Gasteiger partial charge in [-0.1, -0.05) is 7.43 Å². The summed E-state index contributed by atoms with van der Waals surface area (Å²) in [6.45, 7) is 1.99. The molecule has 0 fully saturated rings. The molecule has 0 atom stereocenters. The molecule has 0 aliphatic heterocycles. The summed E-state index contributed by atoms with van der Waals surface area (Å²) in [7, 11) is 0. The zero-order valence-corrected chi connectivity index (χ0v) is 6.26. The third-order valence-corrected chi connectivity index (χ3v) is 1.77. The van der Waals surface area contributed by atoms with E-state index in [4.69, 9.17) is 5.73 Å². The maximum atomic E-state index is 5.58. The van der Waals surface area contributed by atoms with Gasteiger partial charge in [-0.25, -0.2) is 0 Å². The van der Waals surface area contributed by atoms with Gasteiger partial charge >= 0.3 is 0 Å². The standard InChI is InChI=1S/C8H9N3.CH4/c1-5-7-3-2-6(9)4-8(7)11-10-5;/h2-4H,9H2,1H3,(H,10,11);1H4. The van der Waals surface area contributed by atoms with Crippen LogP contribution in [-0.4, -0.2) is 10.2 Å². The maximum Gasteiger partial charge on any atom is 0.0944 e. The van der Waals surface area contributed by atoms with Gasteiger partial charge in [0.15, 0.2) is 0 Å². The monoisotopic (exact) mass is 163 g/mol. The molecule has 0 unspecified atom stereocenters. The van der Waals surface area contributed by atoms with E-state index in [1.54, 1.807) is 0 Å². The highest BCUT2D eigenvalue weighted by Gasteiger charge is 1.99. The predicted molar refractivity (Wildman–Crippen MR) is 52.0 cm³/mol. The highest BCUT2D eigenvalue weighted by atomic mass is 15.1. The molecule has 1 aromatic carbocycles. The van der Waals surface area contributed by atoms with E-state index in [2.05, 4.69) is 10.2 Å². The number of aromatic amines is 1. The lowest BCUT2D eigenvalue weighted by Crippen LogP contribution is -1.82. The van der Waals surface area contributed by atoms with Gasteiger partial charge in [-0.15, -0.1) is 0 Å². The molecule has 0 saturated heterocycles. The lowest BCUT2D eigenvalue weighted by Gasteiger charge is -1.90. The summed E-state index contributed by atoms with van der Waals surface area (Å²) in [4.78, 5) is 0. The fraction of sp³-hybridized carbons (Fsp3) is 0.222. The summed E-state index contributed by atoms with van der Waals surface area (Å²) >= 11 is 0. The molecule has 0 bridgehead atoms. The van der Waals surface area contributed by atoms with E-state index in [0.29, 0.717) is 0 Å². The second-order valence-electron chi connectivity index (χ2n) is 2.63. The van der Waals surface area contributed by atoms with Crippen molar-refractivity contribution in [1.82, 2.24) is 10.2 Å². The van der Waals surface area contributed by atoms with Gasteiger partial charge < -0.3 is 5.73 Å². The zero-order chi connectivity index (χ0) is 7.84. The maximum absolute atomic E-state index is 5.58. The van der Waals surface area contributed by atoms with Crippen molar-refractivity contribution in [3.05, 3.63) is 23.9 Å². The van der Waals surface area contributed by atoms with Crippen LogP contribution in [-0.2, 0) is 0 Å². The third-order valence-electron chi connectivity index (χ3n) is 1.77. The van der Waals surface area contributed by atoms with Gasteiger partial charge in [-0.3, -0.25) is 5.10 Å². The summed E-state index contributed by atoms with van der Waals surface area (Å²) in [5.74, 6) is 0. The first-order valence-electron chi connectivity index (χ1n) is 3.47. The zero-order valence-electron chi connectivity index (χ0n) is 6.26. The molecule has 0 aliphatic carbocycles. The minimum atomic E-state index is 0. The van der Waals surface area contributed by atoms with E-state index in [-0.39, 0.29) is 7.43 Å². The van der Waals surface area contributed by atoms with Crippen molar-refractivity contribution < 1.29 is 0 Å². The number of hydrogen-bond acceptors (Lipinski definition) is 2. The summed E-state index contributed by atoms with van der Waals surface area (Å²) in [6, 6.07) is 5.72. The molecular formula is C9H13N3. The molecule has 3 heteroatoms. The molecule has 3 nitrogen and oxygen atoms in total. The van der Waals surface area contributed by atoms with Crippen LogP contribution in [0.5, 0.6) is 0 Å². The number of nitrogens with one attached hydrogen (secondary N) is 1. The number of fused-ring (bicyclic) bond motifs is 1. The fourth-order valence-electron chi connectivity index (χ4n) is 1.16. The van der Waals surface area contributed by atoms with Gasteiger partial charge in [0.05, 0.1) is 5.52 Å². The lowest BCUT2D eigenvalue weighted by molar-refractivity contribution is 1.07. The highest BCUT2D eigenvalue weighted by molar-refractivity contribution is 5.83. The van der Waals surface area contributed by atoms with Crippen LogP contribution in [0.3, 0.4) is 0 Å². The summed E-state index contributed by atoms with van der Waals surface area (Å²) in [6.07, 6.45) is 0. The number of benzene rings is 1. The van der Waals surface area contributed by atoms with Crippen molar-refractivity contribution in [3.63, 3.8) is 0 Å². The van der Waals surface area contributed by atoms with Gasteiger partial charge in [0, 0.05) is 16.8 Å². The molecular weight excluding hydrogens is 150 g/mol. The fourth-order valence-corrected chi connectivity index (χ4v) is 1.16. The molecule has 1 heterocycles. The normalized spacial score (nSPS) is 9.75. The van der Waals surface area contributed by atoms with E-state index < -0.39 is 0 Å². The molecule has 0 amide bonds. The van der Waals surface area contributed by atoms with Crippen molar-refractivity contribution in [1.29, 1.82) is 0 Å². The van der Waals surface area contributed by atoms with Crippen molar-refractivity contribution in [2.45, 2.75) is 14.4 Å². The second kappa shape index (κ2) is 2.85. The Morgan fingerprint density at radius 2 is 2.17 bits per heavy atom. The first-order valence-corrected chi connectivity index (χ1v) is 3.47. The highest BCUT2D eigenvalue weighted by Crippen LogP contribution is 2.17. The molecule has 3 N–H and O–H groups in total. The Morgan fingerprint density at radius 1 is 1.42 bits per heavy atom. The molecule has 0 radical (unpaired) electrons. The lowest BCUT2D eigenvalue weighted by atomic mass is 10.2. The van der Waals surface area contributed by atoms with Crippen LogP contribution in [0.4, 0.5) is 5.69 Å². The van der Waals surface area contributed by atoms with Crippen LogP contribution in [0.1, 0.15) is 13.1 Å². The largest absolute Gasteiger partial charge is 0.399 e. The number of H-pyrrole nitrogens is 1. The minimum absolute atomic E-state index is 0. The van der Waals surface area contributed by atoms with Crippen LogP contribution in [0.2, 0.25) is 0 Å². The van der Waals surface area contributed by atoms with Crippen LogP contribution in [0, 0.1) is 6.92 Å². The average Bonchev–Trinajstić information content (AvgIpc) is 2.32. The van der Waals surface area contributed by atoms with Crippen LogP contribution >= 0.6 is 0 Å². The number of hydrogen-bond donors (Lipinski definition) is 2. The smallest absolute Gasteiger partial charge is 0.0944 e. The van der Waals surface area contributed by atoms with Crippen molar-refractivity contribution >= 4 is 16.6 Å². The Bertz CT molecular complexity index is 390. The number of rotatable bonds is 0. The van der Waals surface area contributed by atoms with E-state index in [1.807, 2.05) is 25.1 Å². The topological polar surface area (TPSA) is 54.7 Å². The Labute approximate surface area is 71.6 Å². The van der Waals surface area contributed by atoms with E-state index in [0.717, 1.165) is 22.3 Å². The van der Waals surface area contributed by atoms with E-state index >= 15 is 0 Å². The summed E-state index contributed by atoms with van der Waals surface area (Å²) in [5.41, 5.74) is 8.35. The van der Waals surface area contributed by atoms with E-state index in [9.17, 15) is 0 Å². The number of nitrogens with zero attached hydrogens (tertiary/aromatic N) is 1. The number of aryl methyl sites for hydroxylation is 1. The Morgan fingerprint density at radius 3 is 2.92 bits per heavy atom. The predicted octanol–water partition coefficient (Wildman–Crippen LogP) is 2.09. The molecule has 2 aromatic rings. The quantitative estimate of drug-likeness (QED) is 0.584. The Kier molecular flexibility index (Phi) is 2.04. The minimum Gasteiger partial charge on any atom is -0.399 e.